The summed E-state index contributed by atoms with van der Waals surface area (Å²) in [4.78, 5) is 11.9. The van der Waals surface area contributed by atoms with E-state index < -0.39 is 5.60 Å². The Labute approximate surface area is 176 Å². The van der Waals surface area contributed by atoms with E-state index in [1.165, 1.54) is 11.1 Å². The SMILES string of the molecule is Cc1ccc(Cc2cc(N3CC4(COC4)C3)nc(-n3ccc(C(C)(C)O)n3)n2)cc1. The van der Waals surface area contributed by atoms with Crippen LogP contribution in [0.15, 0.2) is 42.6 Å². The highest BCUT2D eigenvalue weighted by Gasteiger charge is 2.49. The Morgan fingerprint density at radius 2 is 1.83 bits per heavy atom. The van der Waals surface area contributed by atoms with Crippen molar-refractivity contribution in [2.24, 2.45) is 5.41 Å². The predicted octanol–water partition coefficient (Wildman–Crippen LogP) is 2.63. The first-order chi connectivity index (χ1) is 14.3. The molecular formula is C23H27N5O2. The van der Waals surface area contributed by atoms with Crippen LogP contribution >= 0.6 is 0 Å². The van der Waals surface area contributed by atoms with Crippen LogP contribution in [0.1, 0.15) is 36.4 Å². The highest BCUT2D eigenvalue weighted by molar-refractivity contribution is 5.47. The molecule has 2 saturated heterocycles. The normalized spacial score (nSPS) is 17.7. The summed E-state index contributed by atoms with van der Waals surface area (Å²) >= 11 is 0. The van der Waals surface area contributed by atoms with Crippen molar-refractivity contribution in [1.29, 1.82) is 0 Å². The minimum Gasteiger partial charge on any atom is -0.384 e. The van der Waals surface area contributed by atoms with Crippen LogP contribution in [-0.4, -0.2) is 51.2 Å². The van der Waals surface area contributed by atoms with E-state index in [1.54, 1.807) is 30.8 Å². The smallest absolute Gasteiger partial charge is 0.252 e. The van der Waals surface area contributed by atoms with Gasteiger partial charge in [0.1, 0.15) is 11.4 Å². The Balaban J connectivity index is 1.48. The van der Waals surface area contributed by atoms with E-state index in [-0.39, 0.29) is 0 Å². The maximum Gasteiger partial charge on any atom is 0.252 e. The van der Waals surface area contributed by atoms with Gasteiger partial charge in [-0.05, 0) is 32.4 Å². The molecule has 30 heavy (non-hydrogen) atoms. The zero-order chi connectivity index (χ0) is 20.9. The van der Waals surface area contributed by atoms with Gasteiger partial charge in [0.2, 0.25) is 0 Å². The minimum atomic E-state index is -1.01. The molecule has 156 valence electrons. The molecule has 0 amide bonds. The number of aliphatic hydroxyl groups is 1. The fourth-order valence-electron chi connectivity index (χ4n) is 4.00. The lowest BCUT2D eigenvalue weighted by Crippen LogP contribution is -2.66. The largest absolute Gasteiger partial charge is 0.384 e. The van der Waals surface area contributed by atoms with Crippen molar-refractivity contribution in [1.82, 2.24) is 19.7 Å². The van der Waals surface area contributed by atoms with Crippen molar-refractivity contribution < 1.29 is 9.84 Å². The lowest BCUT2D eigenvalue weighted by molar-refractivity contribution is -0.127. The number of aryl methyl sites for hydroxylation is 1. The van der Waals surface area contributed by atoms with Gasteiger partial charge < -0.3 is 14.7 Å². The third-order valence-corrected chi connectivity index (χ3v) is 5.87. The molecule has 2 fully saturated rings. The second-order valence-corrected chi connectivity index (χ2v) is 9.23. The highest BCUT2D eigenvalue weighted by Crippen LogP contribution is 2.39. The second-order valence-electron chi connectivity index (χ2n) is 9.23. The van der Waals surface area contributed by atoms with Crippen molar-refractivity contribution >= 4 is 5.82 Å². The Hall–Kier alpha value is -2.77. The van der Waals surface area contributed by atoms with Gasteiger partial charge in [-0.15, -0.1) is 0 Å². The van der Waals surface area contributed by atoms with Crippen molar-refractivity contribution in [2.45, 2.75) is 32.8 Å². The summed E-state index contributed by atoms with van der Waals surface area (Å²) < 4.78 is 7.06. The molecule has 0 unspecified atom stereocenters. The molecule has 1 spiro atoms. The Kier molecular flexibility index (Phi) is 4.41. The molecule has 0 saturated carbocycles. The van der Waals surface area contributed by atoms with Crippen LogP contribution < -0.4 is 4.90 Å². The first-order valence-corrected chi connectivity index (χ1v) is 10.3. The Morgan fingerprint density at radius 1 is 1.10 bits per heavy atom. The molecule has 0 radical (unpaired) electrons. The van der Waals surface area contributed by atoms with Gasteiger partial charge >= 0.3 is 0 Å². The average molecular weight is 406 g/mol. The summed E-state index contributed by atoms with van der Waals surface area (Å²) in [5.41, 5.74) is 3.29. The molecular weight excluding hydrogens is 378 g/mol. The van der Waals surface area contributed by atoms with Crippen LogP contribution in [0.3, 0.4) is 0 Å². The number of rotatable bonds is 5. The third kappa shape index (κ3) is 3.59. The molecule has 2 aromatic heterocycles. The maximum atomic E-state index is 10.3. The molecule has 4 heterocycles. The van der Waals surface area contributed by atoms with Crippen LogP contribution in [-0.2, 0) is 16.8 Å². The first kappa shape index (κ1) is 19.2. The molecule has 7 nitrogen and oxygen atoms in total. The van der Waals surface area contributed by atoms with Gasteiger partial charge in [0, 0.05) is 31.8 Å². The van der Waals surface area contributed by atoms with E-state index in [4.69, 9.17) is 14.7 Å². The van der Waals surface area contributed by atoms with Gasteiger partial charge in [-0.25, -0.2) is 9.67 Å². The van der Waals surface area contributed by atoms with Gasteiger partial charge in [0.25, 0.3) is 5.95 Å². The number of benzene rings is 1. The molecule has 1 aromatic carbocycles. The van der Waals surface area contributed by atoms with Crippen molar-refractivity contribution in [3.8, 4) is 5.95 Å². The second kappa shape index (κ2) is 6.89. The van der Waals surface area contributed by atoms with Crippen LogP contribution in [0.4, 0.5) is 5.82 Å². The highest BCUT2D eigenvalue weighted by atomic mass is 16.5. The van der Waals surface area contributed by atoms with E-state index in [1.807, 2.05) is 0 Å². The van der Waals surface area contributed by atoms with Crippen LogP contribution in [0.25, 0.3) is 5.95 Å². The third-order valence-electron chi connectivity index (χ3n) is 5.87. The van der Waals surface area contributed by atoms with Gasteiger partial charge in [-0.2, -0.15) is 10.1 Å². The Bertz CT molecular complexity index is 1060. The maximum absolute atomic E-state index is 10.3. The summed E-state index contributed by atoms with van der Waals surface area (Å²) in [6, 6.07) is 12.4. The number of anilines is 1. The summed E-state index contributed by atoms with van der Waals surface area (Å²) in [7, 11) is 0. The molecule has 3 aromatic rings. The predicted molar refractivity (Wildman–Crippen MR) is 114 cm³/mol. The molecule has 2 aliphatic rings. The number of aromatic nitrogens is 4. The van der Waals surface area contributed by atoms with E-state index in [2.05, 4.69) is 47.3 Å². The van der Waals surface area contributed by atoms with Crippen molar-refractivity contribution in [3.05, 3.63) is 65.1 Å². The van der Waals surface area contributed by atoms with Crippen molar-refractivity contribution in [3.63, 3.8) is 0 Å². The minimum absolute atomic E-state index is 0.308. The number of ether oxygens (including phenoxy) is 1. The molecule has 0 atom stereocenters. The van der Waals surface area contributed by atoms with E-state index in [0.29, 0.717) is 17.1 Å². The van der Waals surface area contributed by atoms with Crippen LogP contribution in [0.5, 0.6) is 0 Å². The van der Waals surface area contributed by atoms with Crippen molar-refractivity contribution in [2.75, 3.05) is 31.2 Å². The Morgan fingerprint density at radius 3 is 2.43 bits per heavy atom. The number of nitrogens with zero attached hydrogens (tertiary/aromatic N) is 5. The first-order valence-electron chi connectivity index (χ1n) is 10.3. The lowest BCUT2D eigenvalue weighted by Gasteiger charge is -2.55. The molecule has 7 heteroatoms. The van der Waals surface area contributed by atoms with Crippen LogP contribution in [0.2, 0.25) is 0 Å². The molecule has 0 bridgehead atoms. The summed E-state index contributed by atoms with van der Waals surface area (Å²) in [5.74, 6) is 1.44. The number of hydrogen-bond donors (Lipinski definition) is 1. The van der Waals surface area contributed by atoms with E-state index in [9.17, 15) is 5.11 Å². The topological polar surface area (TPSA) is 76.3 Å². The van der Waals surface area contributed by atoms with Gasteiger partial charge in [0.05, 0.1) is 30.0 Å². The van der Waals surface area contributed by atoms with Gasteiger partial charge in [-0.3, -0.25) is 0 Å². The number of hydrogen-bond acceptors (Lipinski definition) is 6. The molecule has 5 rings (SSSR count). The van der Waals surface area contributed by atoms with Gasteiger partial charge in [0.15, 0.2) is 0 Å². The quantitative estimate of drug-likeness (QED) is 0.703. The lowest BCUT2D eigenvalue weighted by atomic mass is 9.78. The standard InChI is InChI=1S/C23H27N5O2/c1-16-4-6-17(7-5-16)10-18-11-20(27-12-23(13-27)14-30-15-23)25-21(24-18)28-9-8-19(26-28)22(2,3)29/h4-9,11,29H,10,12-15H2,1-3H3. The summed E-state index contributed by atoms with van der Waals surface area (Å²) in [6.45, 7) is 9.13. The van der Waals surface area contributed by atoms with Crippen LogP contribution in [0, 0.1) is 12.3 Å². The van der Waals surface area contributed by atoms with E-state index >= 15 is 0 Å². The molecule has 1 N–H and O–H groups in total. The summed E-state index contributed by atoms with van der Waals surface area (Å²) in [5, 5.41) is 14.8. The zero-order valence-electron chi connectivity index (χ0n) is 17.7. The van der Waals surface area contributed by atoms with Gasteiger partial charge in [-0.1, -0.05) is 29.8 Å². The summed E-state index contributed by atoms with van der Waals surface area (Å²) in [6.07, 6.45) is 2.53. The fraction of sp³-hybridized carbons (Fsp3) is 0.435. The average Bonchev–Trinajstić information content (AvgIpc) is 3.12. The molecule has 0 aliphatic carbocycles. The fourth-order valence-corrected chi connectivity index (χ4v) is 4.00. The molecule has 2 aliphatic heterocycles. The van der Waals surface area contributed by atoms with E-state index in [0.717, 1.165) is 44.2 Å². The monoisotopic (exact) mass is 405 g/mol. The zero-order valence-corrected chi connectivity index (χ0v) is 17.7.